The van der Waals surface area contributed by atoms with Crippen molar-refractivity contribution in [2.24, 2.45) is 11.3 Å². The molecule has 2 aliphatic heterocycles. The zero-order valence-corrected chi connectivity index (χ0v) is 24.5. The summed E-state index contributed by atoms with van der Waals surface area (Å²) < 4.78 is 5.60. The lowest BCUT2D eigenvalue weighted by Gasteiger charge is -2.37. The number of rotatable bonds is 6. The number of carbonyl (C=O) groups is 3. The Hall–Kier alpha value is -4.77. The fourth-order valence-electron chi connectivity index (χ4n) is 7.57. The summed E-state index contributed by atoms with van der Waals surface area (Å²) in [6.07, 6.45) is 4.86. The van der Waals surface area contributed by atoms with Gasteiger partial charge in [0, 0.05) is 28.3 Å². The summed E-state index contributed by atoms with van der Waals surface area (Å²) in [5, 5.41) is 0. The fraction of sp³-hybridized carbons (Fsp3) is 0.237. The summed E-state index contributed by atoms with van der Waals surface area (Å²) in [6, 6.07) is 28.8. The molecule has 1 fully saturated rings. The third-order valence-corrected chi connectivity index (χ3v) is 9.32. The van der Waals surface area contributed by atoms with E-state index in [1.54, 1.807) is 31.4 Å². The normalized spacial score (nSPS) is 21.2. The number of para-hydroxylation sites is 1. The highest BCUT2D eigenvalue weighted by Crippen LogP contribution is 2.61. The molecule has 1 saturated heterocycles. The standard InChI is InChI=1S/C38H33NO4/c1-23(2)21-24-15-17-26(18-16-24)35(40)34-33(27-10-8-11-28(22-27)43-3)38(36(41)29-12-5-6-13-30(29)37(38)42)32-20-19-25-9-4-7-14-31(25)39(32)34/h4-20,22-23,32-34H,21H2,1-3H3/t32?,33-,34+/m1/s1. The molecule has 0 aromatic heterocycles. The van der Waals surface area contributed by atoms with Crippen molar-refractivity contribution in [3.8, 4) is 5.75 Å². The first-order valence-corrected chi connectivity index (χ1v) is 14.9. The van der Waals surface area contributed by atoms with Crippen LogP contribution in [0.5, 0.6) is 5.75 Å². The van der Waals surface area contributed by atoms with Crippen molar-refractivity contribution in [1.29, 1.82) is 0 Å². The average Bonchev–Trinajstić information content (AvgIpc) is 3.47. The Morgan fingerprint density at radius 1 is 0.860 bits per heavy atom. The topological polar surface area (TPSA) is 63.7 Å². The van der Waals surface area contributed by atoms with Gasteiger partial charge < -0.3 is 9.64 Å². The monoisotopic (exact) mass is 567 g/mol. The summed E-state index contributed by atoms with van der Waals surface area (Å²) >= 11 is 0. The van der Waals surface area contributed by atoms with E-state index >= 15 is 0 Å². The van der Waals surface area contributed by atoms with Crippen LogP contribution in [0.2, 0.25) is 0 Å². The van der Waals surface area contributed by atoms with Crippen molar-refractivity contribution in [2.45, 2.75) is 38.3 Å². The average molecular weight is 568 g/mol. The number of carbonyl (C=O) groups excluding carboxylic acids is 3. The molecule has 5 heteroatoms. The molecule has 3 atom stereocenters. The minimum Gasteiger partial charge on any atom is -0.497 e. The lowest BCUT2D eigenvalue weighted by Crippen LogP contribution is -2.48. The van der Waals surface area contributed by atoms with Gasteiger partial charge in [0.15, 0.2) is 17.3 Å². The SMILES string of the molecule is COc1cccc([C@@H]2[C@@H](C(=O)c3ccc(CC(C)C)cc3)N3c4ccccc4C=CC3C23C(=O)c2ccccc2C3=O)c1. The van der Waals surface area contributed by atoms with Crippen LogP contribution >= 0.6 is 0 Å². The summed E-state index contributed by atoms with van der Waals surface area (Å²) in [6.45, 7) is 4.34. The first-order chi connectivity index (χ1) is 20.9. The Morgan fingerprint density at radius 3 is 2.21 bits per heavy atom. The minimum atomic E-state index is -1.53. The molecule has 1 aliphatic carbocycles. The molecule has 3 aliphatic rings. The number of ether oxygens (including phenoxy) is 1. The predicted octanol–water partition coefficient (Wildman–Crippen LogP) is 7.21. The maximum Gasteiger partial charge on any atom is 0.185 e. The van der Waals surface area contributed by atoms with Gasteiger partial charge in [0.05, 0.1) is 13.2 Å². The smallest absolute Gasteiger partial charge is 0.185 e. The van der Waals surface area contributed by atoms with Gasteiger partial charge in [0.2, 0.25) is 0 Å². The molecule has 214 valence electrons. The summed E-state index contributed by atoms with van der Waals surface area (Å²) in [5.74, 6) is -0.253. The molecule has 4 aromatic carbocycles. The van der Waals surface area contributed by atoms with Crippen molar-refractivity contribution >= 4 is 29.1 Å². The highest BCUT2D eigenvalue weighted by atomic mass is 16.5. The van der Waals surface area contributed by atoms with Crippen LogP contribution < -0.4 is 9.64 Å². The van der Waals surface area contributed by atoms with Gasteiger partial charge in [-0.3, -0.25) is 14.4 Å². The van der Waals surface area contributed by atoms with Crippen LogP contribution in [0.15, 0.2) is 103 Å². The quantitative estimate of drug-likeness (QED) is 0.182. The van der Waals surface area contributed by atoms with E-state index in [4.69, 9.17) is 4.74 Å². The first kappa shape index (κ1) is 27.1. The molecule has 43 heavy (non-hydrogen) atoms. The number of methoxy groups -OCH3 is 1. The summed E-state index contributed by atoms with van der Waals surface area (Å²) in [7, 11) is 1.59. The van der Waals surface area contributed by atoms with Crippen LogP contribution in [0.4, 0.5) is 5.69 Å². The number of benzene rings is 4. The van der Waals surface area contributed by atoms with Crippen molar-refractivity contribution in [3.63, 3.8) is 0 Å². The molecule has 0 N–H and O–H groups in total. The highest BCUT2D eigenvalue weighted by molar-refractivity contribution is 6.32. The Balaban J connectivity index is 1.49. The van der Waals surface area contributed by atoms with E-state index in [1.165, 1.54) is 5.56 Å². The Morgan fingerprint density at radius 2 is 1.53 bits per heavy atom. The zero-order chi connectivity index (χ0) is 29.9. The van der Waals surface area contributed by atoms with Crippen molar-refractivity contribution in [1.82, 2.24) is 0 Å². The van der Waals surface area contributed by atoms with Crippen LogP contribution in [0.1, 0.15) is 67.5 Å². The lowest BCUT2D eigenvalue weighted by molar-refractivity contribution is 0.0665. The van der Waals surface area contributed by atoms with E-state index < -0.39 is 23.4 Å². The number of Topliss-reactive ketones (excluding diaryl/α,β-unsaturated/α-hetero) is 3. The second-order valence-corrected chi connectivity index (χ2v) is 12.2. The van der Waals surface area contributed by atoms with E-state index in [0.717, 1.165) is 23.2 Å². The van der Waals surface area contributed by atoms with Gasteiger partial charge in [-0.05, 0) is 47.2 Å². The second kappa shape index (κ2) is 10.2. The molecule has 4 aromatic rings. The molecule has 7 rings (SSSR count). The van der Waals surface area contributed by atoms with E-state index in [1.807, 2.05) is 89.8 Å². The fourth-order valence-corrected chi connectivity index (χ4v) is 7.57. The van der Waals surface area contributed by atoms with Gasteiger partial charge in [-0.1, -0.05) is 105 Å². The molecule has 5 nitrogen and oxygen atoms in total. The van der Waals surface area contributed by atoms with Gasteiger partial charge in [0.25, 0.3) is 0 Å². The third-order valence-electron chi connectivity index (χ3n) is 9.32. The van der Waals surface area contributed by atoms with Crippen molar-refractivity contribution in [3.05, 3.63) is 137 Å². The molecule has 0 saturated carbocycles. The first-order valence-electron chi connectivity index (χ1n) is 14.9. The van der Waals surface area contributed by atoms with Gasteiger partial charge in [-0.25, -0.2) is 0 Å². The number of anilines is 1. The maximum atomic E-state index is 14.9. The molecule has 1 spiro atoms. The number of fused-ring (bicyclic) bond motifs is 5. The van der Waals surface area contributed by atoms with Crippen molar-refractivity contribution in [2.75, 3.05) is 12.0 Å². The number of ketones is 3. The molecule has 0 amide bonds. The molecule has 0 radical (unpaired) electrons. The highest BCUT2D eigenvalue weighted by Gasteiger charge is 2.71. The van der Waals surface area contributed by atoms with E-state index in [9.17, 15) is 14.4 Å². The second-order valence-electron chi connectivity index (χ2n) is 12.2. The Kier molecular flexibility index (Phi) is 6.42. The van der Waals surface area contributed by atoms with Gasteiger partial charge in [0.1, 0.15) is 17.2 Å². The lowest BCUT2D eigenvalue weighted by atomic mass is 9.64. The van der Waals surface area contributed by atoms with E-state index in [0.29, 0.717) is 28.4 Å². The number of hydrogen-bond acceptors (Lipinski definition) is 5. The maximum absolute atomic E-state index is 14.9. The molecular formula is C38H33NO4. The largest absolute Gasteiger partial charge is 0.497 e. The summed E-state index contributed by atoms with van der Waals surface area (Å²) in [5.41, 5.74) is 3.54. The summed E-state index contributed by atoms with van der Waals surface area (Å²) in [4.78, 5) is 46.5. The Labute approximate surface area is 251 Å². The van der Waals surface area contributed by atoms with Crippen LogP contribution in [0.25, 0.3) is 6.08 Å². The molecule has 0 bridgehead atoms. The van der Waals surface area contributed by atoms with E-state index in [2.05, 4.69) is 13.8 Å². The van der Waals surface area contributed by atoms with Crippen LogP contribution in [0, 0.1) is 11.3 Å². The third kappa shape index (κ3) is 3.94. The van der Waals surface area contributed by atoms with Crippen LogP contribution in [0.3, 0.4) is 0 Å². The number of nitrogens with zero attached hydrogens (tertiary/aromatic N) is 1. The molecule has 2 heterocycles. The van der Waals surface area contributed by atoms with Gasteiger partial charge in [-0.2, -0.15) is 0 Å². The van der Waals surface area contributed by atoms with Crippen LogP contribution in [-0.2, 0) is 6.42 Å². The van der Waals surface area contributed by atoms with Gasteiger partial charge >= 0.3 is 0 Å². The molecule has 1 unspecified atom stereocenters. The number of hydrogen-bond donors (Lipinski definition) is 0. The Bertz CT molecular complexity index is 1770. The predicted molar refractivity (Wildman–Crippen MR) is 168 cm³/mol. The van der Waals surface area contributed by atoms with E-state index in [-0.39, 0.29) is 17.3 Å². The van der Waals surface area contributed by atoms with Crippen molar-refractivity contribution < 1.29 is 19.1 Å². The molecular weight excluding hydrogens is 534 g/mol. The minimum absolute atomic E-state index is 0.118. The zero-order valence-electron chi connectivity index (χ0n) is 24.5. The van der Waals surface area contributed by atoms with Crippen LogP contribution in [-0.4, -0.2) is 36.5 Å². The van der Waals surface area contributed by atoms with Gasteiger partial charge in [-0.15, -0.1) is 0 Å².